The Labute approximate surface area is 196 Å². The number of hydrogen-bond donors (Lipinski definition) is 3. The summed E-state index contributed by atoms with van der Waals surface area (Å²) in [5.74, 6) is -1.61. The van der Waals surface area contributed by atoms with Crippen molar-refractivity contribution in [2.75, 3.05) is 19.8 Å². The lowest BCUT2D eigenvalue weighted by atomic mass is 9.80. The SMILES string of the molecule is CCOc1ccc(Cc2cc([C@@]34CO[C@](COC(C)=O)(O3)[C@H](O)[C@H](O)[C@H]4O)ccc2Cl)cc1. The van der Waals surface area contributed by atoms with E-state index in [4.69, 9.17) is 30.5 Å². The maximum atomic E-state index is 11.3. The molecule has 0 aromatic heterocycles. The molecule has 0 unspecified atom stereocenters. The summed E-state index contributed by atoms with van der Waals surface area (Å²) in [6.07, 6.45) is -4.17. The number of carbonyl (C=O) groups is 1. The van der Waals surface area contributed by atoms with E-state index in [1.807, 2.05) is 31.2 Å². The van der Waals surface area contributed by atoms with Crippen molar-refractivity contribution in [3.63, 3.8) is 0 Å². The van der Waals surface area contributed by atoms with Crippen LogP contribution < -0.4 is 4.74 Å². The van der Waals surface area contributed by atoms with Gasteiger partial charge in [0, 0.05) is 11.9 Å². The van der Waals surface area contributed by atoms with Crippen molar-refractivity contribution in [2.24, 2.45) is 0 Å². The van der Waals surface area contributed by atoms with E-state index in [9.17, 15) is 20.1 Å². The summed E-state index contributed by atoms with van der Waals surface area (Å²) in [5, 5.41) is 32.5. The van der Waals surface area contributed by atoms with E-state index in [1.54, 1.807) is 18.2 Å². The number of rotatable bonds is 7. The van der Waals surface area contributed by atoms with Crippen LogP contribution in [-0.2, 0) is 31.0 Å². The Morgan fingerprint density at radius 1 is 1.15 bits per heavy atom. The van der Waals surface area contributed by atoms with Crippen LogP contribution in [0.4, 0.5) is 0 Å². The van der Waals surface area contributed by atoms with Gasteiger partial charge in [-0.05, 0) is 48.2 Å². The van der Waals surface area contributed by atoms with Crippen molar-refractivity contribution in [3.05, 3.63) is 64.2 Å². The molecular weight excluding hydrogens is 452 g/mol. The minimum Gasteiger partial charge on any atom is -0.494 e. The molecule has 4 rings (SSSR count). The molecule has 5 atom stereocenters. The van der Waals surface area contributed by atoms with Crippen LogP contribution in [0.1, 0.15) is 30.5 Å². The molecule has 8 nitrogen and oxygen atoms in total. The van der Waals surface area contributed by atoms with E-state index < -0.39 is 42.3 Å². The topological polar surface area (TPSA) is 115 Å². The number of aliphatic hydroxyl groups excluding tert-OH is 3. The molecule has 2 bridgehead atoms. The number of ether oxygens (including phenoxy) is 4. The average Bonchev–Trinajstić information content (AvgIpc) is 3.18. The Morgan fingerprint density at radius 3 is 2.55 bits per heavy atom. The molecule has 2 aromatic rings. The summed E-state index contributed by atoms with van der Waals surface area (Å²) in [4.78, 5) is 11.3. The molecule has 178 valence electrons. The fourth-order valence-electron chi connectivity index (χ4n) is 4.33. The van der Waals surface area contributed by atoms with Crippen LogP contribution >= 0.6 is 11.6 Å². The smallest absolute Gasteiger partial charge is 0.302 e. The first-order valence-corrected chi connectivity index (χ1v) is 11.1. The first-order valence-electron chi connectivity index (χ1n) is 10.7. The van der Waals surface area contributed by atoms with Gasteiger partial charge in [-0.25, -0.2) is 0 Å². The lowest BCUT2D eigenvalue weighted by Gasteiger charge is -2.46. The van der Waals surface area contributed by atoms with E-state index >= 15 is 0 Å². The van der Waals surface area contributed by atoms with E-state index in [1.165, 1.54) is 6.92 Å². The number of benzene rings is 2. The first kappa shape index (κ1) is 23.9. The Morgan fingerprint density at radius 2 is 1.88 bits per heavy atom. The van der Waals surface area contributed by atoms with E-state index in [2.05, 4.69) is 0 Å². The molecule has 9 heteroatoms. The standard InChI is InChI=1S/C24H27ClO8/c1-3-30-18-7-4-15(5-8-18)10-16-11-17(6-9-19(16)25)23-12-32-24(33-23,13-31-14(2)26)22(29)20(27)21(23)28/h4-9,11,20-22,27-29H,3,10,12-13H2,1-2H3/t20-,21-,22-,23-,24-/m1/s1. The summed E-state index contributed by atoms with van der Waals surface area (Å²) in [6, 6.07) is 12.8. The number of aliphatic hydroxyl groups is 3. The molecule has 2 fully saturated rings. The van der Waals surface area contributed by atoms with Gasteiger partial charge in [-0.15, -0.1) is 0 Å². The molecule has 0 aliphatic carbocycles. The van der Waals surface area contributed by atoms with Gasteiger partial charge in [0.05, 0.1) is 13.2 Å². The number of halogens is 1. The first-order chi connectivity index (χ1) is 15.7. The van der Waals surface area contributed by atoms with E-state index in [0.29, 0.717) is 23.6 Å². The molecule has 2 aromatic carbocycles. The highest BCUT2D eigenvalue weighted by atomic mass is 35.5. The van der Waals surface area contributed by atoms with Crippen molar-refractivity contribution in [1.29, 1.82) is 0 Å². The van der Waals surface area contributed by atoms with E-state index in [-0.39, 0.29) is 6.61 Å². The second-order valence-electron chi connectivity index (χ2n) is 8.31. The molecule has 3 N–H and O–H groups in total. The van der Waals surface area contributed by atoms with Crippen LogP contribution in [0.5, 0.6) is 5.75 Å². The molecule has 0 amide bonds. The van der Waals surface area contributed by atoms with Crippen molar-refractivity contribution in [2.45, 2.75) is 50.0 Å². The van der Waals surface area contributed by atoms with Crippen molar-refractivity contribution in [1.82, 2.24) is 0 Å². The number of hydrogen-bond acceptors (Lipinski definition) is 8. The molecule has 2 aliphatic rings. The van der Waals surface area contributed by atoms with Gasteiger partial charge < -0.3 is 34.3 Å². The fraction of sp³-hybridized carbons (Fsp3) is 0.458. The lowest BCUT2D eigenvalue weighted by Crippen LogP contribution is -2.65. The van der Waals surface area contributed by atoms with Gasteiger partial charge in [-0.2, -0.15) is 0 Å². The van der Waals surface area contributed by atoms with Gasteiger partial charge >= 0.3 is 5.97 Å². The Bertz CT molecular complexity index is 1010. The average molecular weight is 479 g/mol. The zero-order valence-electron chi connectivity index (χ0n) is 18.4. The summed E-state index contributed by atoms with van der Waals surface area (Å²) in [6.45, 7) is 3.13. The predicted molar refractivity (Wildman–Crippen MR) is 118 cm³/mol. The second-order valence-corrected chi connectivity index (χ2v) is 8.72. The van der Waals surface area contributed by atoms with Crippen LogP contribution in [0.3, 0.4) is 0 Å². The third kappa shape index (κ3) is 4.35. The van der Waals surface area contributed by atoms with Crippen molar-refractivity contribution >= 4 is 17.6 Å². The Hall–Kier alpha value is -2.20. The van der Waals surface area contributed by atoms with Crippen LogP contribution in [0.15, 0.2) is 42.5 Å². The van der Waals surface area contributed by atoms with Gasteiger partial charge in [0.2, 0.25) is 5.79 Å². The molecule has 2 aliphatic heterocycles. The van der Waals surface area contributed by atoms with Gasteiger partial charge in [-0.1, -0.05) is 35.9 Å². The molecular formula is C24H27ClO8. The summed E-state index contributed by atoms with van der Waals surface area (Å²) >= 11 is 6.46. The largest absolute Gasteiger partial charge is 0.494 e. The third-order valence-electron chi connectivity index (χ3n) is 6.10. The molecule has 2 heterocycles. The highest BCUT2D eigenvalue weighted by Gasteiger charge is 2.67. The number of esters is 1. The Balaban J connectivity index is 1.64. The van der Waals surface area contributed by atoms with Crippen LogP contribution in [0, 0.1) is 0 Å². The van der Waals surface area contributed by atoms with Crippen molar-refractivity contribution < 1.29 is 39.1 Å². The molecule has 0 radical (unpaired) electrons. The monoisotopic (exact) mass is 478 g/mol. The highest BCUT2D eigenvalue weighted by Crippen LogP contribution is 2.50. The number of fused-ring (bicyclic) bond motifs is 2. The molecule has 33 heavy (non-hydrogen) atoms. The quantitative estimate of drug-likeness (QED) is 0.517. The maximum Gasteiger partial charge on any atom is 0.302 e. The zero-order valence-corrected chi connectivity index (χ0v) is 19.1. The van der Waals surface area contributed by atoms with Gasteiger partial charge in [0.1, 0.15) is 36.3 Å². The number of carbonyl (C=O) groups excluding carboxylic acids is 1. The normalized spacial score (nSPS) is 30.8. The summed E-state index contributed by atoms with van der Waals surface area (Å²) in [5.41, 5.74) is 0.830. The van der Waals surface area contributed by atoms with Gasteiger partial charge in [0.25, 0.3) is 0 Å². The fourth-order valence-corrected chi connectivity index (χ4v) is 4.52. The third-order valence-corrected chi connectivity index (χ3v) is 6.47. The second kappa shape index (κ2) is 9.21. The maximum absolute atomic E-state index is 11.3. The minimum atomic E-state index is -1.79. The van der Waals surface area contributed by atoms with Crippen molar-refractivity contribution in [3.8, 4) is 5.75 Å². The highest BCUT2D eigenvalue weighted by molar-refractivity contribution is 6.31. The van der Waals surface area contributed by atoms with Crippen LogP contribution in [-0.4, -0.2) is 65.2 Å². The predicted octanol–water partition coefficient (Wildman–Crippen LogP) is 1.93. The molecule has 0 saturated carbocycles. The summed E-state index contributed by atoms with van der Waals surface area (Å²) in [7, 11) is 0. The summed E-state index contributed by atoms with van der Waals surface area (Å²) < 4.78 is 22.3. The van der Waals surface area contributed by atoms with Gasteiger partial charge in [0.15, 0.2) is 0 Å². The minimum absolute atomic E-state index is 0.159. The Kier molecular flexibility index (Phi) is 6.68. The molecule has 0 spiro atoms. The van der Waals surface area contributed by atoms with Gasteiger partial charge in [-0.3, -0.25) is 4.79 Å². The van der Waals surface area contributed by atoms with E-state index in [0.717, 1.165) is 16.9 Å². The van der Waals surface area contributed by atoms with Crippen LogP contribution in [0.25, 0.3) is 0 Å². The lowest BCUT2D eigenvalue weighted by molar-refractivity contribution is -0.331. The molecule has 2 saturated heterocycles. The zero-order chi connectivity index (χ0) is 23.8. The van der Waals surface area contributed by atoms with Crippen LogP contribution in [0.2, 0.25) is 5.02 Å².